The average Bonchev–Trinajstić information content (AvgIpc) is 2.68. The molecule has 1 heterocycles. The van der Waals surface area contributed by atoms with Crippen LogP contribution in [0.3, 0.4) is 0 Å². The number of hydrogen-bond donors (Lipinski definition) is 2. The summed E-state index contributed by atoms with van der Waals surface area (Å²) in [5.41, 5.74) is 6.98. The zero-order valence-electron chi connectivity index (χ0n) is 8.22. The molecule has 0 saturated carbocycles. The quantitative estimate of drug-likeness (QED) is 0.356. The van der Waals surface area contributed by atoms with Crippen molar-refractivity contribution in [3.63, 3.8) is 0 Å². The van der Waals surface area contributed by atoms with Crippen LogP contribution in [-0.2, 0) is 6.42 Å². The van der Waals surface area contributed by atoms with E-state index >= 15 is 0 Å². The highest BCUT2D eigenvalue weighted by Gasteiger charge is 2.21. The molecule has 1 aliphatic heterocycles. The first-order valence-electron chi connectivity index (χ1n) is 4.70. The van der Waals surface area contributed by atoms with Crippen LogP contribution in [0.1, 0.15) is 5.56 Å². The van der Waals surface area contributed by atoms with Gasteiger partial charge in [-0.25, -0.2) is 0 Å². The van der Waals surface area contributed by atoms with E-state index in [4.69, 9.17) is 11.6 Å². The second-order valence-corrected chi connectivity index (χ2v) is 5.71. The van der Waals surface area contributed by atoms with E-state index in [0.29, 0.717) is 10.4 Å². The molecule has 0 bridgehead atoms. The topological polar surface area (TPSA) is 64.4 Å². The van der Waals surface area contributed by atoms with E-state index in [0.717, 1.165) is 12.2 Å². The Hall–Kier alpha value is -0.810. The van der Waals surface area contributed by atoms with Crippen LogP contribution >= 0.6 is 23.5 Å². The molecular formula is C10H13N3S2. The summed E-state index contributed by atoms with van der Waals surface area (Å²) in [6, 6.07) is 8.53. The van der Waals surface area contributed by atoms with E-state index in [1.54, 1.807) is 0 Å². The fourth-order valence-corrected chi connectivity index (χ4v) is 3.67. The summed E-state index contributed by atoms with van der Waals surface area (Å²) in [5, 5.41) is 4.50. The lowest BCUT2D eigenvalue weighted by Gasteiger charge is -2.06. The lowest BCUT2D eigenvalue weighted by molar-refractivity contribution is 0.972. The summed E-state index contributed by atoms with van der Waals surface area (Å²) in [5.74, 6) is 6.04. The number of hydrazone groups is 1. The molecule has 0 amide bonds. The Morgan fingerprint density at radius 3 is 3.07 bits per heavy atom. The van der Waals surface area contributed by atoms with E-state index in [-0.39, 0.29) is 0 Å². The molecule has 0 radical (unpaired) electrons. The molecule has 1 aromatic rings. The second-order valence-electron chi connectivity index (χ2n) is 3.33. The molecule has 15 heavy (non-hydrogen) atoms. The van der Waals surface area contributed by atoms with Crippen molar-refractivity contribution in [2.75, 3.05) is 5.75 Å². The third-order valence-electron chi connectivity index (χ3n) is 2.26. The van der Waals surface area contributed by atoms with Gasteiger partial charge in [0.2, 0.25) is 0 Å². The summed E-state index contributed by atoms with van der Waals surface area (Å²) in [6.45, 7) is 0. The minimum Gasteiger partial charge on any atom is -0.377 e. The molecule has 0 spiro atoms. The Kier molecular flexibility index (Phi) is 3.43. The van der Waals surface area contributed by atoms with Crippen LogP contribution in [0.5, 0.6) is 0 Å². The monoisotopic (exact) mass is 239 g/mol. The zero-order chi connectivity index (χ0) is 10.7. The minimum absolute atomic E-state index is 0.464. The zero-order valence-corrected chi connectivity index (χ0v) is 9.85. The SMILES string of the molecule is NN=C(N)SCC1Cc2ccccc2S1. The maximum Gasteiger partial charge on any atom is 0.177 e. The highest BCUT2D eigenvalue weighted by molar-refractivity contribution is 8.14. The Balaban J connectivity index is 1.91. The molecule has 1 atom stereocenters. The number of nitrogens with two attached hydrogens (primary N) is 2. The first-order chi connectivity index (χ1) is 7.29. The maximum absolute atomic E-state index is 5.53. The van der Waals surface area contributed by atoms with Crippen molar-refractivity contribution in [2.45, 2.75) is 16.6 Å². The van der Waals surface area contributed by atoms with Gasteiger partial charge in [0, 0.05) is 15.9 Å². The van der Waals surface area contributed by atoms with Gasteiger partial charge in [-0.15, -0.1) is 11.8 Å². The van der Waals surface area contributed by atoms with Crippen LogP contribution in [-0.4, -0.2) is 16.2 Å². The summed E-state index contributed by atoms with van der Waals surface area (Å²) in [6.07, 6.45) is 1.12. The van der Waals surface area contributed by atoms with E-state index < -0.39 is 0 Å². The normalized spacial score (nSPS) is 20.3. The fraction of sp³-hybridized carbons (Fsp3) is 0.300. The smallest absolute Gasteiger partial charge is 0.177 e. The van der Waals surface area contributed by atoms with E-state index in [1.807, 2.05) is 11.8 Å². The standard InChI is InChI=1S/C10H13N3S2/c11-10(13-12)14-6-8-5-7-3-1-2-4-9(7)15-8/h1-4,8H,5-6,12H2,(H2,11,13). The van der Waals surface area contributed by atoms with Crippen molar-refractivity contribution < 1.29 is 0 Å². The summed E-state index contributed by atoms with van der Waals surface area (Å²) >= 11 is 3.44. The maximum atomic E-state index is 5.53. The molecule has 1 aliphatic rings. The van der Waals surface area contributed by atoms with Gasteiger partial charge in [-0.2, -0.15) is 5.10 Å². The van der Waals surface area contributed by atoms with Crippen molar-refractivity contribution in [3.8, 4) is 0 Å². The summed E-state index contributed by atoms with van der Waals surface area (Å²) in [7, 11) is 0. The van der Waals surface area contributed by atoms with Crippen molar-refractivity contribution in [1.82, 2.24) is 0 Å². The molecule has 2 rings (SSSR count). The van der Waals surface area contributed by atoms with Gasteiger partial charge in [-0.1, -0.05) is 30.0 Å². The van der Waals surface area contributed by atoms with Gasteiger partial charge in [0.25, 0.3) is 0 Å². The number of nitrogens with zero attached hydrogens (tertiary/aromatic N) is 1. The summed E-state index contributed by atoms with van der Waals surface area (Å²) in [4.78, 5) is 1.39. The van der Waals surface area contributed by atoms with Gasteiger partial charge in [0.15, 0.2) is 5.17 Å². The molecular weight excluding hydrogens is 226 g/mol. The summed E-state index contributed by atoms with van der Waals surface area (Å²) < 4.78 is 0. The predicted molar refractivity (Wildman–Crippen MR) is 68.1 cm³/mol. The number of benzene rings is 1. The van der Waals surface area contributed by atoms with Gasteiger partial charge in [0.1, 0.15) is 0 Å². The largest absolute Gasteiger partial charge is 0.377 e. The van der Waals surface area contributed by atoms with Crippen molar-refractivity contribution in [1.29, 1.82) is 0 Å². The number of rotatable bonds is 2. The van der Waals surface area contributed by atoms with Crippen LogP contribution in [0.15, 0.2) is 34.3 Å². The number of fused-ring (bicyclic) bond motifs is 1. The van der Waals surface area contributed by atoms with Crippen molar-refractivity contribution >= 4 is 28.7 Å². The van der Waals surface area contributed by atoms with Crippen molar-refractivity contribution in [2.24, 2.45) is 16.7 Å². The fourth-order valence-electron chi connectivity index (χ4n) is 1.56. The van der Waals surface area contributed by atoms with Crippen LogP contribution in [0.25, 0.3) is 0 Å². The Labute approximate surface area is 97.7 Å². The van der Waals surface area contributed by atoms with E-state index in [1.165, 1.54) is 22.2 Å². The van der Waals surface area contributed by atoms with Gasteiger partial charge < -0.3 is 11.6 Å². The number of thioether (sulfide) groups is 2. The van der Waals surface area contributed by atoms with Crippen molar-refractivity contribution in [3.05, 3.63) is 29.8 Å². The molecule has 0 aromatic heterocycles. The van der Waals surface area contributed by atoms with Gasteiger partial charge in [0.05, 0.1) is 0 Å². The molecule has 0 aliphatic carbocycles. The molecule has 4 N–H and O–H groups in total. The lowest BCUT2D eigenvalue weighted by atomic mass is 10.1. The number of amidine groups is 1. The molecule has 80 valence electrons. The average molecular weight is 239 g/mol. The van der Waals surface area contributed by atoms with Gasteiger partial charge in [-0.3, -0.25) is 0 Å². The Morgan fingerprint density at radius 1 is 1.53 bits per heavy atom. The van der Waals surface area contributed by atoms with Crippen LogP contribution < -0.4 is 11.6 Å². The Morgan fingerprint density at radius 2 is 2.33 bits per heavy atom. The molecule has 1 aromatic carbocycles. The molecule has 0 fully saturated rings. The molecule has 5 heteroatoms. The molecule has 0 saturated heterocycles. The van der Waals surface area contributed by atoms with E-state index in [9.17, 15) is 0 Å². The van der Waals surface area contributed by atoms with E-state index in [2.05, 4.69) is 29.4 Å². The first kappa shape index (κ1) is 10.7. The molecule has 1 unspecified atom stereocenters. The van der Waals surface area contributed by atoms with Gasteiger partial charge >= 0.3 is 0 Å². The van der Waals surface area contributed by atoms with Gasteiger partial charge in [-0.05, 0) is 18.1 Å². The first-order valence-corrected chi connectivity index (χ1v) is 6.57. The highest BCUT2D eigenvalue weighted by Crippen LogP contribution is 2.37. The second kappa shape index (κ2) is 4.81. The third-order valence-corrected chi connectivity index (χ3v) is 4.76. The molecule has 3 nitrogen and oxygen atoms in total. The van der Waals surface area contributed by atoms with Crippen LogP contribution in [0, 0.1) is 0 Å². The minimum atomic E-state index is 0.464. The number of hydrogen-bond acceptors (Lipinski definition) is 4. The third kappa shape index (κ3) is 2.60. The Bertz CT molecular complexity index is 354. The van der Waals surface area contributed by atoms with Crippen LogP contribution in [0.2, 0.25) is 0 Å². The highest BCUT2D eigenvalue weighted by atomic mass is 32.2. The predicted octanol–water partition coefficient (Wildman–Crippen LogP) is 1.62. The lowest BCUT2D eigenvalue weighted by Crippen LogP contribution is -2.14. The van der Waals surface area contributed by atoms with Crippen LogP contribution in [0.4, 0.5) is 0 Å².